The summed E-state index contributed by atoms with van der Waals surface area (Å²) < 4.78 is 11.3. The van der Waals surface area contributed by atoms with Gasteiger partial charge in [-0.25, -0.2) is 4.98 Å². The third-order valence-corrected chi connectivity index (χ3v) is 3.09. The van der Waals surface area contributed by atoms with Crippen LogP contribution >= 0.6 is 15.9 Å². The van der Waals surface area contributed by atoms with Crippen LogP contribution < -0.4 is 14.8 Å². The molecule has 1 N–H and O–H groups in total. The third-order valence-electron chi connectivity index (χ3n) is 2.66. The lowest BCUT2D eigenvalue weighted by atomic mass is 10.2. The van der Waals surface area contributed by atoms with E-state index in [0.29, 0.717) is 12.3 Å². The molecule has 100 valence electrons. The minimum absolute atomic E-state index is 0.676. The van der Waals surface area contributed by atoms with Gasteiger partial charge in [-0.3, -0.25) is 0 Å². The van der Waals surface area contributed by atoms with Gasteiger partial charge in [0.1, 0.15) is 5.75 Å². The van der Waals surface area contributed by atoms with Gasteiger partial charge >= 0.3 is 0 Å². The van der Waals surface area contributed by atoms with Gasteiger partial charge in [0, 0.05) is 17.2 Å². The molecule has 0 saturated carbocycles. The highest BCUT2D eigenvalue weighted by atomic mass is 79.9. The van der Waals surface area contributed by atoms with E-state index in [4.69, 9.17) is 9.47 Å². The average Bonchev–Trinajstić information content (AvgIpc) is 2.46. The Kier molecular flexibility index (Phi) is 4.63. The summed E-state index contributed by atoms with van der Waals surface area (Å²) in [5.41, 5.74) is 1.15. The molecular weight excluding hydrogens is 308 g/mol. The van der Waals surface area contributed by atoms with Gasteiger partial charge in [-0.1, -0.05) is 12.1 Å². The Morgan fingerprint density at radius 1 is 1.16 bits per heavy atom. The summed E-state index contributed by atoms with van der Waals surface area (Å²) in [6.07, 6.45) is 1.73. The summed E-state index contributed by atoms with van der Waals surface area (Å²) in [4.78, 5) is 4.29. The molecule has 0 saturated heterocycles. The first-order valence-electron chi connectivity index (χ1n) is 5.79. The molecule has 2 aromatic rings. The van der Waals surface area contributed by atoms with Crippen molar-refractivity contribution in [1.82, 2.24) is 4.98 Å². The lowest BCUT2D eigenvalue weighted by Crippen LogP contribution is -2.03. The molecule has 0 spiro atoms. The number of methoxy groups -OCH3 is 2. The minimum Gasteiger partial charge on any atom is -0.497 e. The highest BCUT2D eigenvalue weighted by molar-refractivity contribution is 9.10. The van der Waals surface area contributed by atoms with Crippen LogP contribution in [0, 0.1) is 0 Å². The number of nitrogens with zero attached hydrogens (tertiary/aromatic N) is 1. The fourth-order valence-electron chi connectivity index (χ4n) is 1.64. The normalized spacial score (nSPS) is 10.1. The topological polar surface area (TPSA) is 43.4 Å². The molecule has 19 heavy (non-hydrogen) atoms. The number of halogens is 1. The first-order chi connectivity index (χ1) is 9.22. The Bertz CT molecular complexity index is 544. The zero-order valence-electron chi connectivity index (χ0n) is 10.8. The van der Waals surface area contributed by atoms with Gasteiger partial charge in [-0.2, -0.15) is 0 Å². The molecule has 0 radical (unpaired) electrons. The fourth-order valence-corrected chi connectivity index (χ4v) is 1.95. The van der Waals surface area contributed by atoms with E-state index in [1.807, 2.05) is 30.3 Å². The lowest BCUT2D eigenvalue weighted by Gasteiger charge is -2.10. The number of pyridine rings is 1. The maximum atomic E-state index is 5.28. The van der Waals surface area contributed by atoms with Crippen molar-refractivity contribution in [3.8, 4) is 11.5 Å². The second-order valence-corrected chi connectivity index (χ2v) is 4.82. The Hall–Kier alpha value is -1.75. The zero-order valence-corrected chi connectivity index (χ0v) is 12.4. The largest absolute Gasteiger partial charge is 0.497 e. The number of anilines is 1. The van der Waals surface area contributed by atoms with Crippen LogP contribution in [-0.4, -0.2) is 19.2 Å². The molecule has 1 aromatic carbocycles. The van der Waals surface area contributed by atoms with Crippen LogP contribution in [0.2, 0.25) is 0 Å². The molecule has 0 aliphatic heterocycles. The van der Waals surface area contributed by atoms with E-state index in [0.717, 1.165) is 21.6 Å². The molecular formula is C14H15BrN2O2. The van der Waals surface area contributed by atoms with Gasteiger partial charge in [0.15, 0.2) is 11.6 Å². The molecule has 0 amide bonds. The molecule has 1 aromatic heterocycles. The highest BCUT2D eigenvalue weighted by Gasteiger charge is 2.05. The highest BCUT2D eigenvalue weighted by Crippen LogP contribution is 2.25. The number of hydrogen-bond acceptors (Lipinski definition) is 4. The Balaban J connectivity index is 2.05. The van der Waals surface area contributed by atoms with Crippen molar-refractivity contribution in [2.24, 2.45) is 0 Å². The Morgan fingerprint density at radius 2 is 1.89 bits per heavy atom. The Labute approximate surface area is 120 Å². The number of ether oxygens (including phenoxy) is 2. The van der Waals surface area contributed by atoms with Crippen molar-refractivity contribution < 1.29 is 9.47 Å². The van der Waals surface area contributed by atoms with Gasteiger partial charge in [-0.15, -0.1) is 0 Å². The average molecular weight is 323 g/mol. The zero-order chi connectivity index (χ0) is 13.7. The molecule has 0 aliphatic carbocycles. The molecule has 0 atom stereocenters. The second-order valence-electron chi connectivity index (χ2n) is 3.91. The van der Waals surface area contributed by atoms with Gasteiger partial charge in [0.2, 0.25) is 0 Å². The first kappa shape index (κ1) is 13.7. The van der Waals surface area contributed by atoms with E-state index >= 15 is 0 Å². The number of hydrogen-bond donors (Lipinski definition) is 1. The standard InChI is InChI=1S/C14H15BrN2O2/c1-18-12-5-3-10(4-6-12)8-16-14-13(19-2)7-11(15)9-17-14/h3-7,9H,8H2,1-2H3,(H,16,17). The first-order valence-corrected chi connectivity index (χ1v) is 6.58. The van der Waals surface area contributed by atoms with Crippen LogP contribution in [0.1, 0.15) is 5.56 Å². The molecule has 0 bridgehead atoms. The van der Waals surface area contributed by atoms with Crippen LogP contribution in [0.3, 0.4) is 0 Å². The van der Waals surface area contributed by atoms with Crippen LogP contribution in [0.15, 0.2) is 41.0 Å². The number of rotatable bonds is 5. The monoisotopic (exact) mass is 322 g/mol. The number of aromatic nitrogens is 1. The van der Waals surface area contributed by atoms with Crippen LogP contribution in [0.5, 0.6) is 11.5 Å². The molecule has 0 aliphatic rings. The van der Waals surface area contributed by atoms with E-state index in [2.05, 4.69) is 26.2 Å². The summed E-state index contributed by atoms with van der Waals surface area (Å²) in [6.45, 7) is 0.676. The van der Waals surface area contributed by atoms with Gasteiger partial charge in [0.25, 0.3) is 0 Å². The Morgan fingerprint density at radius 3 is 2.53 bits per heavy atom. The summed E-state index contributed by atoms with van der Waals surface area (Å²) in [6, 6.07) is 9.77. The molecule has 4 nitrogen and oxygen atoms in total. The minimum atomic E-state index is 0.676. The maximum absolute atomic E-state index is 5.28. The fraction of sp³-hybridized carbons (Fsp3) is 0.214. The molecule has 5 heteroatoms. The SMILES string of the molecule is COc1ccc(CNc2ncc(Br)cc2OC)cc1. The summed E-state index contributed by atoms with van der Waals surface area (Å²) >= 11 is 3.36. The predicted molar refractivity (Wildman–Crippen MR) is 78.8 cm³/mol. The maximum Gasteiger partial charge on any atom is 0.169 e. The van der Waals surface area contributed by atoms with Crippen LogP contribution in [0.4, 0.5) is 5.82 Å². The van der Waals surface area contributed by atoms with Crippen molar-refractivity contribution in [3.63, 3.8) is 0 Å². The van der Waals surface area contributed by atoms with Crippen molar-refractivity contribution >= 4 is 21.7 Å². The van der Waals surface area contributed by atoms with E-state index in [1.165, 1.54) is 0 Å². The van der Waals surface area contributed by atoms with Crippen LogP contribution in [-0.2, 0) is 6.54 Å². The second kappa shape index (κ2) is 6.43. The van der Waals surface area contributed by atoms with Crippen molar-refractivity contribution in [1.29, 1.82) is 0 Å². The lowest BCUT2D eigenvalue weighted by molar-refractivity contribution is 0.414. The van der Waals surface area contributed by atoms with Crippen molar-refractivity contribution in [2.45, 2.75) is 6.54 Å². The molecule has 0 unspecified atom stereocenters. The number of benzene rings is 1. The van der Waals surface area contributed by atoms with E-state index < -0.39 is 0 Å². The molecule has 0 fully saturated rings. The van der Waals surface area contributed by atoms with E-state index in [9.17, 15) is 0 Å². The molecule has 2 rings (SSSR count). The van der Waals surface area contributed by atoms with Crippen molar-refractivity contribution in [2.75, 3.05) is 19.5 Å². The van der Waals surface area contributed by atoms with Crippen molar-refractivity contribution in [3.05, 3.63) is 46.6 Å². The predicted octanol–water partition coefficient (Wildman–Crippen LogP) is 3.47. The summed E-state index contributed by atoms with van der Waals surface area (Å²) in [5.74, 6) is 2.28. The van der Waals surface area contributed by atoms with Crippen LogP contribution in [0.25, 0.3) is 0 Å². The van der Waals surface area contributed by atoms with Gasteiger partial charge in [-0.05, 0) is 39.7 Å². The summed E-state index contributed by atoms with van der Waals surface area (Å²) in [5, 5.41) is 3.25. The summed E-state index contributed by atoms with van der Waals surface area (Å²) in [7, 11) is 3.28. The smallest absolute Gasteiger partial charge is 0.169 e. The number of nitrogens with one attached hydrogen (secondary N) is 1. The van der Waals surface area contributed by atoms with Gasteiger partial charge < -0.3 is 14.8 Å². The molecule has 1 heterocycles. The van der Waals surface area contributed by atoms with Gasteiger partial charge in [0.05, 0.1) is 14.2 Å². The van der Waals surface area contributed by atoms with E-state index in [-0.39, 0.29) is 0 Å². The third kappa shape index (κ3) is 3.61. The quantitative estimate of drug-likeness (QED) is 0.915. The van der Waals surface area contributed by atoms with E-state index in [1.54, 1.807) is 20.4 Å².